The van der Waals surface area contributed by atoms with Gasteiger partial charge in [0.05, 0.1) is 5.54 Å². The van der Waals surface area contributed by atoms with Crippen LogP contribution in [0.1, 0.15) is 16.7 Å². The van der Waals surface area contributed by atoms with Crippen molar-refractivity contribution in [2.75, 3.05) is 5.73 Å². The fourth-order valence-electron chi connectivity index (χ4n) is 2.65. The molecule has 2 heteroatoms. The third-order valence-electron chi connectivity index (χ3n) is 3.82. The van der Waals surface area contributed by atoms with Crippen LogP contribution in [0.2, 0.25) is 0 Å². The van der Waals surface area contributed by atoms with Gasteiger partial charge in [-0.2, -0.15) is 0 Å². The van der Waals surface area contributed by atoms with Gasteiger partial charge in [-0.1, -0.05) is 72.8 Å². The standard InChI is InChI=1S/C19H18N2/c20-18-13-11-17(12-14-18)19(21,15-7-3-1-4-8-15)16-9-5-2-6-10-16/h1-14H,20-21H2. The van der Waals surface area contributed by atoms with Crippen molar-refractivity contribution >= 4 is 5.69 Å². The summed E-state index contributed by atoms with van der Waals surface area (Å²) in [6.07, 6.45) is 0. The second-order valence-corrected chi connectivity index (χ2v) is 5.16. The smallest absolute Gasteiger partial charge is 0.0922 e. The summed E-state index contributed by atoms with van der Waals surface area (Å²) in [6, 6.07) is 28.0. The highest BCUT2D eigenvalue weighted by atomic mass is 14.7. The monoisotopic (exact) mass is 274 g/mol. The Morgan fingerprint density at radius 1 is 0.524 bits per heavy atom. The minimum absolute atomic E-state index is 0.684. The first-order valence-electron chi connectivity index (χ1n) is 6.97. The predicted octanol–water partition coefficient (Wildman–Crippen LogP) is 3.52. The van der Waals surface area contributed by atoms with Gasteiger partial charge in [-0.15, -0.1) is 0 Å². The number of hydrogen-bond donors (Lipinski definition) is 2. The second-order valence-electron chi connectivity index (χ2n) is 5.16. The van der Waals surface area contributed by atoms with E-state index < -0.39 is 5.54 Å². The number of hydrogen-bond acceptors (Lipinski definition) is 2. The molecule has 0 spiro atoms. The Bertz CT molecular complexity index is 664. The second kappa shape index (κ2) is 5.43. The largest absolute Gasteiger partial charge is 0.399 e. The van der Waals surface area contributed by atoms with Crippen LogP contribution in [-0.4, -0.2) is 0 Å². The van der Waals surface area contributed by atoms with Gasteiger partial charge in [0.25, 0.3) is 0 Å². The summed E-state index contributed by atoms with van der Waals surface area (Å²) in [5.41, 5.74) is 15.9. The van der Waals surface area contributed by atoms with E-state index in [0.717, 1.165) is 22.4 Å². The fourth-order valence-corrected chi connectivity index (χ4v) is 2.65. The van der Waals surface area contributed by atoms with Crippen molar-refractivity contribution in [3.63, 3.8) is 0 Å². The average Bonchev–Trinajstić information content (AvgIpc) is 2.56. The molecule has 4 N–H and O–H groups in total. The molecule has 0 unspecified atom stereocenters. The maximum atomic E-state index is 6.87. The summed E-state index contributed by atoms with van der Waals surface area (Å²) in [6.45, 7) is 0. The highest BCUT2D eigenvalue weighted by Crippen LogP contribution is 2.34. The highest BCUT2D eigenvalue weighted by Gasteiger charge is 2.31. The van der Waals surface area contributed by atoms with Gasteiger partial charge in [-0.3, -0.25) is 0 Å². The van der Waals surface area contributed by atoms with E-state index in [1.807, 2.05) is 60.7 Å². The van der Waals surface area contributed by atoms with Gasteiger partial charge < -0.3 is 11.5 Å². The maximum Gasteiger partial charge on any atom is 0.0922 e. The molecule has 0 amide bonds. The number of nitrogen functional groups attached to an aromatic ring is 1. The highest BCUT2D eigenvalue weighted by molar-refractivity contribution is 5.51. The first-order valence-corrected chi connectivity index (χ1v) is 6.97. The Morgan fingerprint density at radius 2 is 0.905 bits per heavy atom. The number of benzene rings is 3. The first-order chi connectivity index (χ1) is 10.2. The first kappa shape index (κ1) is 13.4. The molecule has 0 heterocycles. The van der Waals surface area contributed by atoms with Gasteiger partial charge in [-0.05, 0) is 28.8 Å². The van der Waals surface area contributed by atoms with E-state index in [9.17, 15) is 0 Å². The van der Waals surface area contributed by atoms with E-state index >= 15 is 0 Å². The summed E-state index contributed by atoms with van der Waals surface area (Å²) in [4.78, 5) is 0. The van der Waals surface area contributed by atoms with Gasteiger partial charge in [0.15, 0.2) is 0 Å². The zero-order valence-corrected chi connectivity index (χ0v) is 11.7. The Morgan fingerprint density at radius 3 is 1.33 bits per heavy atom. The lowest BCUT2D eigenvalue weighted by Gasteiger charge is -2.31. The molecule has 21 heavy (non-hydrogen) atoms. The Balaban J connectivity index is 2.23. The summed E-state index contributed by atoms with van der Waals surface area (Å²) in [5, 5.41) is 0. The molecule has 0 aliphatic rings. The average molecular weight is 274 g/mol. The fraction of sp³-hybridized carbons (Fsp3) is 0.0526. The van der Waals surface area contributed by atoms with E-state index in [-0.39, 0.29) is 0 Å². The normalized spacial score (nSPS) is 11.3. The lowest BCUT2D eigenvalue weighted by molar-refractivity contribution is 0.653. The summed E-state index contributed by atoms with van der Waals surface area (Å²) in [5.74, 6) is 0. The van der Waals surface area contributed by atoms with E-state index in [0.29, 0.717) is 0 Å². The summed E-state index contributed by atoms with van der Waals surface area (Å²) in [7, 11) is 0. The van der Waals surface area contributed by atoms with Gasteiger partial charge in [-0.25, -0.2) is 0 Å². The predicted molar refractivity (Wildman–Crippen MR) is 87.8 cm³/mol. The maximum absolute atomic E-state index is 6.87. The van der Waals surface area contributed by atoms with E-state index in [1.54, 1.807) is 0 Å². The van der Waals surface area contributed by atoms with Gasteiger partial charge in [0.1, 0.15) is 0 Å². The van der Waals surface area contributed by atoms with Crippen molar-refractivity contribution in [3.05, 3.63) is 102 Å². The minimum atomic E-state index is -0.684. The number of nitrogens with two attached hydrogens (primary N) is 2. The van der Waals surface area contributed by atoms with Crippen molar-refractivity contribution < 1.29 is 0 Å². The van der Waals surface area contributed by atoms with Crippen molar-refractivity contribution in [3.8, 4) is 0 Å². The SMILES string of the molecule is Nc1ccc(C(N)(c2ccccc2)c2ccccc2)cc1. The lowest BCUT2D eigenvalue weighted by Crippen LogP contribution is -2.39. The molecule has 0 atom stereocenters. The lowest BCUT2D eigenvalue weighted by atomic mass is 9.78. The van der Waals surface area contributed by atoms with Crippen LogP contribution in [0.5, 0.6) is 0 Å². The topological polar surface area (TPSA) is 52.0 Å². The summed E-state index contributed by atoms with van der Waals surface area (Å²) >= 11 is 0. The van der Waals surface area contributed by atoms with Crippen LogP contribution < -0.4 is 11.5 Å². The Labute approximate surface area is 125 Å². The molecule has 0 fully saturated rings. The Kier molecular flexibility index (Phi) is 3.46. The van der Waals surface area contributed by atoms with Crippen molar-refractivity contribution in [1.29, 1.82) is 0 Å². The van der Waals surface area contributed by atoms with Crippen molar-refractivity contribution in [2.24, 2.45) is 5.73 Å². The van der Waals surface area contributed by atoms with Crippen LogP contribution in [0.15, 0.2) is 84.9 Å². The van der Waals surface area contributed by atoms with E-state index in [4.69, 9.17) is 11.5 Å². The van der Waals surface area contributed by atoms with Crippen LogP contribution in [0.25, 0.3) is 0 Å². The molecule has 0 bridgehead atoms. The van der Waals surface area contributed by atoms with Crippen molar-refractivity contribution in [1.82, 2.24) is 0 Å². The molecular weight excluding hydrogens is 256 g/mol. The zero-order valence-electron chi connectivity index (χ0n) is 11.7. The summed E-state index contributed by atoms with van der Waals surface area (Å²) < 4.78 is 0. The van der Waals surface area contributed by atoms with Gasteiger partial charge in [0.2, 0.25) is 0 Å². The van der Waals surface area contributed by atoms with Crippen LogP contribution >= 0.6 is 0 Å². The van der Waals surface area contributed by atoms with Crippen LogP contribution in [0.4, 0.5) is 5.69 Å². The zero-order chi connectivity index (χ0) is 14.7. The van der Waals surface area contributed by atoms with Gasteiger partial charge >= 0.3 is 0 Å². The molecule has 0 aliphatic carbocycles. The molecule has 0 aromatic heterocycles. The van der Waals surface area contributed by atoms with E-state index in [2.05, 4.69) is 24.3 Å². The minimum Gasteiger partial charge on any atom is -0.399 e. The molecule has 3 aromatic carbocycles. The number of rotatable bonds is 3. The molecule has 0 radical (unpaired) electrons. The molecule has 0 aliphatic heterocycles. The third kappa shape index (κ3) is 2.41. The molecule has 3 rings (SSSR count). The third-order valence-corrected chi connectivity index (χ3v) is 3.82. The molecule has 0 saturated heterocycles. The molecule has 3 aromatic rings. The van der Waals surface area contributed by atoms with E-state index in [1.165, 1.54) is 0 Å². The number of anilines is 1. The van der Waals surface area contributed by atoms with Crippen LogP contribution in [0, 0.1) is 0 Å². The van der Waals surface area contributed by atoms with Gasteiger partial charge in [0, 0.05) is 5.69 Å². The molecule has 2 nitrogen and oxygen atoms in total. The molecule has 104 valence electrons. The molecular formula is C19H18N2. The quantitative estimate of drug-likeness (QED) is 0.567. The van der Waals surface area contributed by atoms with Crippen LogP contribution in [0.3, 0.4) is 0 Å². The Hall–Kier alpha value is -2.58. The molecule has 0 saturated carbocycles. The van der Waals surface area contributed by atoms with Crippen LogP contribution in [-0.2, 0) is 5.54 Å². The van der Waals surface area contributed by atoms with Crippen molar-refractivity contribution in [2.45, 2.75) is 5.54 Å².